The molecule has 104 valence electrons. The molecule has 3 rings (SSSR count). The van der Waals surface area contributed by atoms with Gasteiger partial charge in [-0.2, -0.15) is 0 Å². The maximum absolute atomic E-state index is 13.7. The maximum atomic E-state index is 13.7. The predicted octanol–water partition coefficient (Wildman–Crippen LogP) is 2.63. The van der Waals surface area contributed by atoms with Crippen LogP contribution in [0, 0.1) is 5.82 Å². The molecule has 1 aliphatic carbocycles. The summed E-state index contributed by atoms with van der Waals surface area (Å²) in [5, 5.41) is 8.77. The molecule has 0 amide bonds. The minimum Gasteiger partial charge on any atom is -0.484 e. The van der Waals surface area contributed by atoms with Crippen molar-refractivity contribution < 1.29 is 19.0 Å². The van der Waals surface area contributed by atoms with Gasteiger partial charge in [0.25, 0.3) is 0 Å². The van der Waals surface area contributed by atoms with Crippen molar-refractivity contribution in [2.45, 2.75) is 25.5 Å². The van der Waals surface area contributed by atoms with Crippen LogP contribution in [0.1, 0.15) is 34.9 Å². The van der Waals surface area contributed by atoms with E-state index in [1.807, 2.05) is 4.57 Å². The number of carboxylic acid groups (broad SMARTS) is 1. The van der Waals surface area contributed by atoms with Crippen LogP contribution in [-0.4, -0.2) is 20.6 Å². The molecule has 0 unspecified atom stereocenters. The van der Waals surface area contributed by atoms with Gasteiger partial charge in [0, 0.05) is 6.04 Å². The third kappa shape index (κ3) is 2.49. The lowest BCUT2D eigenvalue weighted by atomic mass is 10.2. The molecule has 0 aliphatic heterocycles. The fourth-order valence-electron chi connectivity index (χ4n) is 2.03. The fraction of sp³-hybridized carbons (Fsp3) is 0.286. The van der Waals surface area contributed by atoms with Crippen molar-refractivity contribution in [3.8, 4) is 5.75 Å². The maximum Gasteiger partial charge on any atom is 0.335 e. The molecule has 0 spiro atoms. The molecule has 1 saturated carbocycles. The lowest BCUT2D eigenvalue weighted by Gasteiger charge is -2.09. The van der Waals surface area contributed by atoms with Crippen LogP contribution >= 0.6 is 0 Å². The van der Waals surface area contributed by atoms with Gasteiger partial charge in [0.2, 0.25) is 0 Å². The van der Waals surface area contributed by atoms with Crippen molar-refractivity contribution in [2.75, 3.05) is 0 Å². The van der Waals surface area contributed by atoms with E-state index in [-0.39, 0.29) is 17.9 Å². The van der Waals surface area contributed by atoms with E-state index < -0.39 is 11.8 Å². The molecule has 0 bridgehead atoms. The molecular weight excluding hydrogens is 263 g/mol. The average Bonchev–Trinajstić information content (AvgIpc) is 3.16. The van der Waals surface area contributed by atoms with Crippen molar-refractivity contribution in [1.82, 2.24) is 9.55 Å². The number of hydrogen-bond acceptors (Lipinski definition) is 3. The monoisotopic (exact) mass is 276 g/mol. The molecule has 2 aromatic rings. The van der Waals surface area contributed by atoms with Gasteiger partial charge in [0.1, 0.15) is 6.61 Å². The lowest BCUT2D eigenvalue weighted by Crippen LogP contribution is -2.05. The highest BCUT2D eigenvalue weighted by Crippen LogP contribution is 2.35. The second kappa shape index (κ2) is 4.96. The molecule has 1 aromatic heterocycles. The number of benzene rings is 1. The molecular formula is C14H13FN2O3. The minimum absolute atomic E-state index is 0.0403. The van der Waals surface area contributed by atoms with Crippen LogP contribution in [0.5, 0.6) is 5.75 Å². The van der Waals surface area contributed by atoms with Crippen molar-refractivity contribution in [3.05, 3.63) is 47.8 Å². The van der Waals surface area contributed by atoms with Crippen LogP contribution in [0.3, 0.4) is 0 Å². The Hall–Kier alpha value is -2.37. The first-order valence-electron chi connectivity index (χ1n) is 6.31. The van der Waals surface area contributed by atoms with E-state index in [1.165, 1.54) is 12.1 Å². The Morgan fingerprint density at radius 3 is 2.95 bits per heavy atom. The number of ether oxygens (including phenoxy) is 1. The van der Waals surface area contributed by atoms with Gasteiger partial charge >= 0.3 is 5.97 Å². The Bertz CT molecular complexity index is 650. The Kier molecular flexibility index (Phi) is 3.14. The molecule has 20 heavy (non-hydrogen) atoms. The first-order valence-corrected chi connectivity index (χ1v) is 6.31. The largest absolute Gasteiger partial charge is 0.484 e. The molecule has 1 heterocycles. The summed E-state index contributed by atoms with van der Waals surface area (Å²) in [7, 11) is 0. The van der Waals surface area contributed by atoms with Crippen LogP contribution in [0.15, 0.2) is 30.7 Å². The third-order valence-electron chi connectivity index (χ3n) is 3.24. The zero-order valence-corrected chi connectivity index (χ0v) is 10.6. The van der Waals surface area contributed by atoms with Crippen LogP contribution in [-0.2, 0) is 6.61 Å². The van der Waals surface area contributed by atoms with Gasteiger partial charge in [0.05, 0.1) is 23.8 Å². The van der Waals surface area contributed by atoms with Crippen LogP contribution in [0.2, 0.25) is 0 Å². The highest BCUT2D eigenvalue weighted by molar-refractivity contribution is 5.87. The molecule has 0 radical (unpaired) electrons. The van der Waals surface area contributed by atoms with E-state index in [4.69, 9.17) is 9.84 Å². The standard InChI is InChI=1S/C14H13FN2O3/c15-12-5-9(14(18)19)1-4-13(12)20-7-11-6-16-8-17(11)10-2-3-10/h1,4-6,8,10H,2-3,7H2,(H,18,19). The number of rotatable bonds is 5. The summed E-state index contributed by atoms with van der Waals surface area (Å²) >= 11 is 0. The Labute approximate surface area is 114 Å². The van der Waals surface area contributed by atoms with Gasteiger partial charge in [-0.25, -0.2) is 14.2 Å². The Morgan fingerprint density at radius 2 is 2.30 bits per heavy atom. The first-order chi connectivity index (χ1) is 9.65. The molecule has 6 heteroatoms. The number of hydrogen-bond donors (Lipinski definition) is 1. The molecule has 1 N–H and O–H groups in total. The number of nitrogens with zero attached hydrogens (tertiary/aromatic N) is 2. The summed E-state index contributed by atoms with van der Waals surface area (Å²) in [6.45, 7) is 0.208. The third-order valence-corrected chi connectivity index (χ3v) is 3.24. The van der Waals surface area contributed by atoms with Crippen molar-refractivity contribution >= 4 is 5.97 Å². The van der Waals surface area contributed by atoms with Gasteiger partial charge in [-0.15, -0.1) is 0 Å². The van der Waals surface area contributed by atoms with Crippen molar-refractivity contribution in [3.63, 3.8) is 0 Å². The number of aromatic nitrogens is 2. The van der Waals surface area contributed by atoms with Gasteiger partial charge in [-0.3, -0.25) is 0 Å². The molecule has 5 nitrogen and oxygen atoms in total. The molecule has 1 aliphatic rings. The molecule has 1 fully saturated rings. The summed E-state index contributed by atoms with van der Waals surface area (Å²) in [6, 6.07) is 4.08. The van der Waals surface area contributed by atoms with Crippen LogP contribution in [0.25, 0.3) is 0 Å². The van der Waals surface area contributed by atoms with E-state index in [9.17, 15) is 9.18 Å². The SMILES string of the molecule is O=C(O)c1ccc(OCc2cncn2C2CC2)c(F)c1. The summed E-state index contributed by atoms with van der Waals surface area (Å²) < 4.78 is 21.1. The Morgan fingerprint density at radius 1 is 1.50 bits per heavy atom. The summed E-state index contributed by atoms with van der Waals surface area (Å²) in [6.07, 6.45) is 5.71. The number of imidazole rings is 1. The second-order valence-electron chi connectivity index (χ2n) is 4.76. The average molecular weight is 276 g/mol. The zero-order chi connectivity index (χ0) is 14.1. The molecule has 0 saturated heterocycles. The summed E-state index contributed by atoms with van der Waals surface area (Å²) in [4.78, 5) is 14.8. The van der Waals surface area contributed by atoms with Gasteiger partial charge in [0.15, 0.2) is 11.6 Å². The van der Waals surface area contributed by atoms with Crippen molar-refractivity contribution in [1.29, 1.82) is 0 Å². The topological polar surface area (TPSA) is 64.3 Å². The van der Waals surface area contributed by atoms with Crippen molar-refractivity contribution in [2.24, 2.45) is 0 Å². The first kappa shape index (κ1) is 12.7. The van der Waals surface area contributed by atoms with E-state index >= 15 is 0 Å². The number of carboxylic acids is 1. The van der Waals surface area contributed by atoms with Gasteiger partial charge in [-0.1, -0.05) is 0 Å². The lowest BCUT2D eigenvalue weighted by molar-refractivity contribution is 0.0696. The smallest absolute Gasteiger partial charge is 0.335 e. The minimum atomic E-state index is -1.16. The number of carbonyl (C=O) groups is 1. The van der Waals surface area contributed by atoms with Gasteiger partial charge < -0.3 is 14.4 Å². The fourth-order valence-corrected chi connectivity index (χ4v) is 2.03. The molecule has 1 aromatic carbocycles. The van der Waals surface area contributed by atoms with Crippen LogP contribution in [0.4, 0.5) is 4.39 Å². The van der Waals surface area contributed by atoms with Gasteiger partial charge in [-0.05, 0) is 31.0 Å². The highest BCUT2D eigenvalue weighted by Gasteiger charge is 2.25. The summed E-state index contributed by atoms with van der Waals surface area (Å²) in [5.74, 6) is -1.80. The van der Waals surface area contributed by atoms with E-state index in [2.05, 4.69) is 4.98 Å². The van der Waals surface area contributed by atoms with E-state index in [1.54, 1.807) is 12.5 Å². The molecule has 0 atom stereocenters. The van der Waals surface area contributed by atoms with E-state index in [0.29, 0.717) is 6.04 Å². The van der Waals surface area contributed by atoms with E-state index in [0.717, 1.165) is 24.6 Å². The normalized spacial score (nSPS) is 14.2. The summed E-state index contributed by atoms with van der Waals surface area (Å²) in [5.41, 5.74) is 0.784. The predicted molar refractivity (Wildman–Crippen MR) is 68.2 cm³/mol. The zero-order valence-electron chi connectivity index (χ0n) is 10.6. The quantitative estimate of drug-likeness (QED) is 0.911. The Balaban J connectivity index is 1.71. The van der Waals surface area contributed by atoms with Crippen LogP contribution < -0.4 is 4.74 Å². The number of halogens is 1. The number of aromatic carboxylic acids is 1. The highest BCUT2D eigenvalue weighted by atomic mass is 19.1. The second-order valence-corrected chi connectivity index (χ2v) is 4.76.